The lowest BCUT2D eigenvalue weighted by Gasteiger charge is -2.36. The maximum absolute atomic E-state index is 12.6. The normalized spacial score (nSPS) is 19.8. The number of amides is 2. The molecule has 8 heteroatoms. The predicted molar refractivity (Wildman–Crippen MR) is 125 cm³/mol. The third-order valence-corrected chi connectivity index (χ3v) is 7.26. The van der Waals surface area contributed by atoms with Gasteiger partial charge in [-0.15, -0.1) is 0 Å². The number of halogens is 2. The Morgan fingerprint density at radius 2 is 1.75 bits per heavy atom. The van der Waals surface area contributed by atoms with Gasteiger partial charge in [-0.2, -0.15) is 0 Å². The van der Waals surface area contributed by atoms with Gasteiger partial charge in [0.15, 0.2) is 0 Å². The first-order valence-electron chi connectivity index (χ1n) is 11.0. The number of benzene rings is 2. The first-order chi connectivity index (χ1) is 15.4. The molecule has 2 aromatic rings. The third kappa shape index (κ3) is 5.20. The van der Waals surface area contributed by atoms with Gasteiger partial charge in [-0.05, 0) is 68.1 Å². The van der Waals surface area contributed by atoms with Crippen molar-refractivity contribution in [2.24, 2.45) is 0 Å². The summed E-state index contributed by atoms with van der Waals surface area (Å²) in [4.78, 5) is 29.2. The highest BCUT2D eigenvalue weighted by molar-refractivity contribution is 6.42. The van der Waals surface area contributed by atoms with Crippen molar-refractivity contribution in [3.8, 4) is 5.75 Å². The van der Waals surface area contributed by atoms with E-state index in [9.17, 15) is 14.7 Å². The van der Waals surface area contributed by atoms with Crippen molar-refractivity contribution in [1.29, 1.82) is 0 Å². The number of para-hydroxylation sites is 1. The molecule has 4 rings (SSSR count). The van der Waals surface area contributed by atoms with Crippen molar-refractivity contribution < 1.29 is 14.7 Å². The lowest BCUT2D eigenvalue weighted by Crippen LogP contribution is -2.44. The van der Waals surface area contributed by atoms with Crippen LogP contribution in [0.2, 0.25) is 10.0 Å². The molecule has 0 unspecified atom stereocenters. The van der Waals surface area contributed by atoms with Gasteiger partial charge in [0, 0.05) is 24.7 Å². The molecule has 2 saturated heterocycles. The lowest BCUT2D eigenvalue weighted by atomic mass is 9.88. The van der Waals surface area contributed by atoms with E-state index < -0.39 is 0 Å². The van der Waals surface area contributed by atoms with Crippen LogP contribution in [-0.4, -0.2) is 65.5 Å². The summed E-state index contributed by atoms with van der Waals surface area (Å²) in [6.07, 6.45) is 2.94. The highest BCUT2D eigenvalue weighted by Crippen LogP contribution is 2.34. The number of likely N-dealkylation sites (tertiary alicyclic amines) is 2. The van der Waals surface area contributed by atoms with Crippen LogP contribution in [0.4, 0.5) is 0 Å². The highest BCUT2D eigenvalue weighted by atomic mass is 35.5. The maximum Gasteiger partial charge on any atom is 0.251 e. The summed E-state index contributed by atoms with van der Waals surface area (Å²) in [5.74, 6) is 0.332. The van der Waals surface area contributed by atoms with Crippen LogP contribution < -0.4 is 5.32 Å². The second-order valence-electron chi connectivity index (χ2n) is 8.46. The third-order valence-electron chi connectivity index (χ3n) is 6.52. The molecule has 2 amide bonds. The van der Waals surface area contributed by atoms with Crippen LogP contribution in [0.25, 0.3) is 0 Å². The van der Waals surface area contributed by atoms with Crippen molar-refractivity contribution in [2.75, 3.05) is 32.7 Å². The zero-order valence-electron chi connectivity index (χ0n) is 17.8. The van der Waals surface area contributed by atoms with E-state index in [1.807, 2.05) is 23.1 Å². The van der Waals surface area contributed by atoms with Gasteiger partial charge in [-0.1, -0.05) is 41.4 Å². The van der Waals surface area contributed by atoms with Gasteiger partial charge in [0.05, 0.1) is 16.6 Å². The number of carbonyl (C=O) groups is 2. The lowest BCUT2D eigenvalue weighted by molar-refractivity contribution is -0.129. The van der Waals surface area contributed by atoms with E-state index in [0.717, 1.165) is 37.9 Å². The summed E-state index contributed by atoms with van der Waals surface area (Å²) in [7, 11) is 0. The van der Waals surface area contributed by atoms with Gasteiger partial charge in [0.2, 0.25) is 5.91 Å². The summed E-state index contributed by atoms with van der Waals surface area (Å²) in [5.41, 5.74) is 1.41. The number of nitrogens with one attached hydrogen (secondary N) is 1. The molecule has 0 bridgehead atoms. The molecule has 32 heavy (non-hydrogen) atoms. The minimum absolute atomic E-state index is 0.0405. The number of hydrogen-bond acceptors (Lipinski definition) is 4. The Bertz CT molecular complexity index is 992. The van der Waals surface area contributed by atoms with Crippen LogP contribution in [-0.2, 0) is 4.79 Å². The summed E-state index contributed by atoms with van der Waals surface area (Å²) in [6.45, 7) is 3.26. The van der Waals surface area contributed by atoms with Crippen molar-refractivity contribution in [1.82, 2.24) is 15.1 Å². The average molecular weight is 476 g/mol. The minimum Gasteiger partial charge on any atom is -0.508 e. The molecule has 170 valence electrons. The molecule has 0 radical (unpaired) electrons. The SMILES string of the molecule is O=C(NCC(=O)N1CC[C@H](N2CCC(c3ccccc3O)CC2)C1)c1ccc(Cl)c(Cl)c1. The molecule has 0 aromatic heterocycles. The standard InChI is InChI=1S/C24H27Cl2N3O3/c25-20-6-5-17(13-21(20)26)24(32)27-14-23(31)29-12-9-18(15-29)28-10-7-16(8-11-28)19-3-1-2-4-22(19)30/h1-6,13,16,18,30H,7-12,14-15H2,(H,27,32)/t18-/m0/s1. The molecule has 0 aliphatic carbocycles. The predicted octanol–water partition coefficient (Wildman–Crippen LogP) is 3.91. The van der Waals surface area contributed by atoms with Gasteiger partial charge in [-0.25, -0.2) is 0 Å². The van der Waals surface area contributed by atoms with Gasteiger partial charge < -0.3 is 15.3 Å². The fourth-order valence-electron chi connectivity index (χ4n) is 4.68. The number of aromatic hydroxyl groups is 1. The molecule has 2 aliphatic heterocycles. The zero-order chi connectivity index (χ0) is 22.7. The molecule has 2 aliphatic rings. The van der Waals surface area contributed by atoms with Gasteiger partial charge in [0.1, 0.15) is 5.75 Å². The van der Waals surface area contributed by atoms with Crippen molar-refractivity contribution >= 4 is 35.0 Å². The number of hydrogen-bond donors (Lipinski definition) is 2. The average Bonchev–Trinajstić information content (AvgIpc) is 3.30. The van der Waals surface area contributed by atoms with E-state index in [1.54, 1.807) is 18.2 Å². The smallest absolute Gasteiger partial charge is 0.251 e. The van der Waals surface area contributed by atoms with E-state index in [-0.39, 0.29) is 18.4 Å². The summed E-state index contributed by atoms with van der Waals surface area (Å²) in [6, 6.07) is 12.6. The number of phenolic OH excluding ortho intramolecular Hbond substituents is 1. The second-order valence-corrected chi connectivity index (χ2v) is 9.28. The molecule has 2 fully saturated rings. The number of rotatable bonds is 5. The molecular formula is C24H27Cl2N3O3. The number of phenols is 1. The van der Waals surface area contributed by atoms with Crippen LogP contribution in [0.5, 0.6) is 5.75 Å². The minimum atomic E-state index is -0.348. The molecule has 0 spiro atoms. The first kappa shape index (κ1) is 22.9. The first-order valence-corrected chi connectivity index (χ1v) is 11.7. The molecule has 0 saturated carbocycles. The van der Waals surface area contributed by atoms with E-state index in [4.69, 9.17) is 23.2 Å². The fraction of sp³-hybridized carbons (Fsp3) is 0.417. The summed E-state index contributed by atoms with van der Waals surface area (Å²) < 4.78 is 0. The van der Waals surface area contributed by atoms with E-state index in [2.05, 4.69) is 10.2 Å². The van der Waals surface area contributed by atoms with Crippen molar-refractivity contribution in [3.63, 3.8) is 0 Å². The van der Waals surface area contributed by atoms with Crippen LogP contribution >= 0.6 is 23.2 Å². The van der Waals surface area contributed by atoms with Crippen molar-refractivity contribution in [3.05, 3.63) is 63.6 Å². The van der Waals surface area contributed by atoms with Gasteiger partial charge in [0.25, 0.3) is 5.91 Å². The topological polar surface area (TPSA) is 72.9 Å². The summed E-state index contributed by atoms with van der Waals surface area (Å²) in [5, 5.41) is 13.5. The molecular weight excluding hydrogens is 449 g/mol. The molecule has 2 aromatic carbocycles. The number of carbonyl (C=O) groups excluding carboxylic acids is 2. The van der Waals surface area contributed by atoms with Crippen LogP contribution in [0, 0.1) is 0 Å². The largest absolute Gasteiger partial charge is 0.508 e. The quantitative estimate of drug-likeness (QED) is 0.687. The molecule has 2 heterocycles. The van der Waals surface area contributed by atoms with E-state index >= 15 is 0 Å². The Kier molecular flexibility index (Phi) is 7.23. The zero-order valence-corrected chi connectivity index (χ0v) is 19.3. The van der Waals surface area contributed by atoms with Crippen LogP contribution in [0.1, 0.15) is 41.1 Å². The Balaban J connectivity index is 1.24. The monoisotopic (exact) mass is 475 g/mol. The molecule has 1 atom stereocenters. The van der Waals surface area contributed by atoms with Crippen molar-refractivity contribution in [2.45, 2.75) is 31.2 Å². The highest BCUT2D eigenvalue weighted by Gasteiger charge is 2.33. The van der Waals surface area contributed by atoms with Crippen LogP contribution in [0.3, 0.4) is 0 Å². The molecule has 6 nitrogen and oxygen atoms in total. The Morgan fingerprint density at radius 3 is 2.47 bits per heavy atom. The molecule has 2 N–H and O–H groups in total. The second kappa shape index (κ2) is 10.1. The fourth-order valence-corrected chi connectivity index (χ4v) is 4.98. The Hall–Kier alpha value is -2.28. The number of nitrogens with zero attached hydrogens (tertiary/aromatic N) is 2. The van der Waals surface area contributed by atoms with Gasteiger partial charge in [-0.3, -0.25) is 14.5 Å². The summed E-state index contributed by atoms with van der Waals surface area (Å²) >= 11 is 11.8. The van der Waals surface area contributed by atoms with Crippen LogP contribution in [0.15, 0.2) is 42.5 Å². The Labute approximate surface area is 198 Å². The maximum atomic E-state index is 12.6. The van der Waals surface area contributed by atoms with E-state index in [0.29, 0.717) is 46.4 Å². The van der Waals surface area contributed by atoms with Gasteiger partial charge >= 0.3 is 0 Å². The Morgan fingerprint density at radius 1 is 1.00 bits per heavy atom. The van der Waals surface area contributed by atoms with E-state index in [1.165, 1.54) is 6.07 Å². The number of piperidine rings is 1.